The van der Waals surface area contributed by atoms with Gasteiger partial charge in [0.05, 0.1) is 10.7 Å². The normalized spacial score (nSPS) is 10.6. The van der Waals surface area contributed by atoms with E-state index in [0.717, 1.165) is 32.9 Å². The summed E-state index contributed by atoms with van der Waals surface area (Å²) in [5.74, 6) is 0.826. The molecular formula is C13H15BrN2OS. The monoisotopic (exact) mass is 326 g/mol. The van der Waals surface area contributed by atoms with Crippen LogP contribution in [0.1, 0.15) is 23.2 Å². The summed E-state index contributed by atoms with van der Waals surface area (Å²) < 4.78 is 6.78. The number of hydrogen-bond donors (Lipinski definition) is 1. The van der Waals surface area contributed by atoms with Gasteiger partial charge in [-0.2, -0.15) is 0 Å². The third-order valence-corrected chi connectivity index (χ3v) is 4.05. The lowest BCUT2D eigenvalue weighted by Gasteiger charge is -2.09. The number of hydrogen-bond acceptors (Lipinski definition) is 4. The molecule has 0 radical (unpaired) electrons. The fraction of sp³-hybridized carbons (Fsp3) is 0.308. The van der Waals surface area contributed by atoms with Crippen LogP contribution in [0.15, 0.2) is 28.1 Å². The SMILES string of the molecule is CCc1nc(COc2ccc(Br)cc2CN)cs1. The molecule has 0 spiro atoms. The molecule has 0 aliphatic carbocycles. The van der Waals surface area contributed by atoms with Gasteiger partial charge in [-0.1, -0.05) is 22.9 Å². The van der Waals surface area contributed by atoms with Gasteiger partial charge in [-0.3, -0.25) is 0 Å². The predicted molar refractivity (Wildman–Crippen MR) is 77.9 cm³/mol. The van der Waals surface area contributed by atoms with Crippen LogP contribution in [0.5, 0.6) is 5.75 Å². The Morgan fingerprint density at radius 1 is 1.44 bits per heavy atom. The van der Waals surface area contributed by atoms with Crippen LogP contribution in [-0.4, -0.2) is 4.98 Å². The first-order valence-corrected chi connectivity index (χ1v) is 7.44. The number of thiazole rings is 1. The minimum Gasteiger partial charge on any atom is -0.487 e. The quantitative estimate of drug-likeness (QED) is 0.914. The zero-order valence-electron chi connectivity index (χ0n) is 10.1. The number of nitrogens with zero attached hydrogens (tertiary/aromatic N) is 1. The topological polar surface area (TPSA) is 48.1 Å². The van der Waals surface area contributed by atoms with Crippen LogP contribution in [-0.2, 0) is 19.6 Å². The van der Waals surface area contributed by atoms with Gasteiger partial charge in [0.15, 0.2) is 0 Å². The van der Waals surface area contributed by atoms with E-state index in [-0.39, 0.29) is 0 Å². The van der Waals surface area contributed by atoms with Gasteiger partial charge in [-0.25, -0.2) is 4.98 Å². The molecule has 0 saturated carbocycles. The molecule has 0 amide bonds. The van der Waals surface area contributed by atoms with Crippen molar-refractivity contribution in [2.75, 3.05) is 0 Å². The van der Waals surface area contributed by atoms with E-state index in [1.54, 1.807) is 11.3 Å². The summed E-state index contributed by atoms with van der Waals surface area (Å²) in [5, 5.41) is 3.18. The van der Waals surface area contributed by atoms with E-state index in [1.807, 2.05) is 23.6 Å². The van der Waals surface area contributed by atoms with Crippen molar-refractivity contribution in [3.8, 4) is 5.75 Å². The Hall–Kier alpha value is -0.910. The van der Waals surface area contributed by atoms with Crippen molar-refractivity contribution in [3.63, 3.8) is 0 Å². The van der Waals surface area contributed by atoms with Gasteiger partial charge in [0.25, 0.3) is 0 Å². The van der Waals surface area contributed by atoms with Crippen molar-refractivity contribution >= 4 is 27.3 Å². The molecule has 0 aliphatic rings. The summed E-state index contributed by atoms with van der Waals surface area (Å²) in [6.07, 6.45) is 0.969. The van der Waals surface area contributed by atoms with Crippen molar-refractivity contribution < 1.29 is 4.74 Å². The van der Waals surface area contributed by atoms with Gasteiger partial charge in [0, 0.05) is 22.0 Å². The van der Waals surface area contributed by atoms with Crippen molar-refractivity contribution in [1.82, 2.24) is 4.98 Å². The molecule has 0 unspecified atom stereocenters. The molecule has 2 N–H and O–H groups in total. The van der Waals surface area contributed by atoms with E-state index >= 15 is 0 Å². The van der Waals surface area contributed by atoms with Crippen LogP contribution in [0, 0.1) is 0 Å². The molecule has 1 aromatic heterocycles. The average Bonchev–Trinajstić information content (AvgIpc) is 2.85. The molecular weight excluding hydrogens is 312 g/mol. The van der Waals surface area contributed by atoms with Crippen molar-refractivity contribution in [2.24, 2.45) is 5.73 Å². The second-order valence-corrected chi connectivity index (χ2v) is 5.69. The Labute approximate surface area is 119 Å². The van der Waals surface area contributed by atoms with E-state index in [0.29, 0.717) is 13.2 Å². The highest BCUT2D eigenvalue weighted by atomic mass is 79.9. The van der Waals surface area contributed by atoms with Gasteiger partial charge >= 0.3 is 0 Å². The fourth-order valence-electron chi connectivity index (χ4n) is 1.58. The summed E-state index contributed by atoms with van der Waals surface area (Å²) in [6.45, 7) is 3.06. The van der Waals surface area contributed by atoms with Gasteiger partial charge < -0.3 is 10.5 Å². The Bertz CT molecular complexity index is 527. The first-order valence-electron chi connectivity index (χ1n) is 5.77. The summed E-state index contributed by atoms with van der Waals surface area (Å²) in [4.78, 5) is 4.47. The minimum absolute atomic E-state index is 0.464. The number of aryl methyl sites for hydroxylation is 1. The predicted octanol–water partition coefficient (Wildman–Crippen LogP) is 3.51. The molecule has 0 aliphatic heterocycles. The molecule has 0 bridgehead atoms. The van der Waals surface area contributed by atoms with Gasteiger partial charge in [0.2, 0.25) is 0 Å². The van der Waals surface area contributed by atoms with Crippen LogP contribution in [0.3, 0.4) is 0 Å². The molecule has 18 heavy (non-hydrogen) atoms. The molecule has 2 rings (SSSR count). The number of benzene rings is 1. The number of rotatable bonds is 5. The van der Waals surface area contributed by atoms with Crippen LogP contribution in [0.2, 0.25) is 0 Å². The second kappa shape index (κ2) is 6.31. The lowest BCUT2D eigenvalue weighted by Crippen LogP contribution is -2.03. The highest BCUT2D eigenvalue weighted by Gasteiger charge is 2.05. The average molecular weight is 327 g/mol. The highest BCUT2D eigenvalue weighted by Crippen LogP contribution is 2.24. The number of aromatic nitrogens is 1. The molecule has 3 nitrogen and oxygen atoms in total. The highest BCUT2D eigenvalue weighted by molar-refractivity contribution is 9.10. The zero-order valence-corrected chi connectivity index (χ0v) is 12.6. The number of halogens is 1. The van der Waals surface area contributed by atoms with Crippen LogP contribution < -0.4 is 10.5 Å². The van der Waals surface area contributed by atoms with E-state index in [9.17, 15) is 0 Å². The fourth-order valence-corrected chi connectivity index (χ4v) is 2.72. The van der Waals surface area contributed by atoms with Crippen LogP contribution in [0.25, 0.3) is 0 Å². The molecule has 96 valence electrons. The van der Waals surface area contributed by atoms with Crippen molar-refractivity contribution in [3.05, 3.63) is 44.3 Å². The smallest absolute Gasteiger partial charge is 0.131 e. The summed E-state index contributed by atoms with van der Waals surface area (Å²) in [5.41, 5.74) is 7.67. The Kier molecular flexibility index (Phi) is 4.74. The van der Waals surface area contributed by atoms with Crippen LogP contribution >= 0.6 is 27.3 Å². The molecule has 0 fully saturated rings. The third kappa shape index (κ3) is 3.31. The minimum atomic E-state index is 0.464. The Morgan fingerprint density at radius 3 is 2.94 bits per heavy atom. The Balaban J connectivity index is 2.05. The summed E-state index contributed by atoms with van der Waals surface area (Å²) in [7, 11) is 0. The molecule has 0 atom stereocenters. The lowest BCUT2D eigenvalue weighted by molar-refractivity contribution is 0.298. The largest absolute Gasteiger partial charge is 0.487 e. The first-order chi connectivity index (χ1) is 8.72. The molecule has 5 heteroatoms. The maximum absolute atomic E-state index is 5.77. The molecule has 2 aromatic rings. The molecule has 1 heterocycles. The summed E-state index contributed by atoms with van der Waals surface area (Å²) in [6, 6.07) is 5.86. The standard InChI is InChI=1S/C13H15BrN2OS/c1-2-13-16-11(8-18-13)7-17-12-4-3-10(14)5-9(12)6-15/h3-5,8H,2,6-7,15H2,1H3. The summed E-state index contributed by atoms with van der Waals surface area (Å²) >= 11 is 5.10. The Morgan fingerprint density at radius 2 is 2.28 bits per heavy atom. The van der Waals surface area contributed by atoms with E-state index < -0.39 is 0 Å². The molecule has 0 saturated heterocycles. The first kappa shape index (κ1) is 13.5. The van der Waals surface area contributed by atoms with E-state index in [2.05, 4.69) is 27.8 Å². The van der Waals surface area contributed by atoms with Gasteiger partial charge in [-0.15, -0.1) is 11.3 Å². The van der Waals surface area contributed by atoms with E-state index in [1.165, 1.54) is 0 Å². The number of ether oxygens (including phenoxy) is 1. The molecule has 1 aromatic carbocycles. The zero-order chi connectivity index (χ0) is 13.0. The van der Waals surface area contributed by atoms with Gasteiger partial charge in [0.1, 0.15) is 12.4 Å². The maximum Gasteiger partial charge on any atom is 0.131 e. The third-order valence-electron chi connectivity index (χ3n) is 2.52. The van der Waals surface area contributed by atoms with Crippen LogP contribution in [0.4, 0.5) is 0 Å². The van der Waals surface area contributed by atoms with Crippen molar-refractivity contribution in [2.45, 2.75) is 26.5 Å². The lowest BCUT2D eigenvalue weighted by atomic mass is 10.2. The van der Waals surface area contributed by atoms with Crippen molar-refractivity contribution in [1.29, 1.82) is 0 Å². The van der Waals surface area contributed by atoms with E-state index in [4.69, 9.17) is 10.5 Å². The number of nitrogens with two attached hydrogens (primary N) is 1. The maximum atomic E-state index is 5.77. The second-order valence-electron chi connectivity index (χ2n) is 3.83. The van der Waals surface area contributed by atoms with Gasteiger partial charge in [-0.05, 0) is 24.6 Å².